The molecule has 0 spiro atoms. The summed E-state index contributed by atoms with van der Waals surface area (Å²) in [6.45, 7) is 4.14. The van der Waals surface area contributed by atoms with Gasteiger partial charge in [-0.15, -0.1) is 0 Å². The van der Waals surface area contributed by atoms with E-state index in [1.54, 1.807) is 0 Å². The van der Waals surface area contributed by atoms with Gasteiger partial charge < -0.3 is 10.8 Å². The molecule has 3 N–H and O–H groups in total. The van der Waals surface area contributed by atoms with E-state index in [9.17, 15) is 4.79 Å². The van der Waals surface area contributed by atoms with Crippen LogP contribution >= 0.6 is 0 Å². The molecule has 1 aliphatic carbocycles. The van der Waals surface area contributed by atoms with Crippen molar-refractivity contribution in [3.8, 4) is 0 Å². The van der Waals surface area contributed by atoms with Crippen molar-refractivity contribution in [1.82, 2.24) is 0 Å². The molecule has 0 bridgehead atoms. The van der Waals surface area contributed by atoms with Gasteiger partial charge in [0.05, 0.1) is 0 Å². The molecule has 2 atom stereocenters. The van der Waals surface area contributed by atoms with E-state index in [-0.39, 0.29) is 18.4 Å². The molecule has 1 fully saturated rings. The minimum atomic E-state index is -0.722. The second-order valence-electron chi connectivity index (χ2n) is 4.70. The maximum Gasteiger partial charge on any atom is 0.303 e. The van der Waals surface area contributed by atoms with Gasteiger partial charge in [-0.2, -0.15) is 0 Å². The van der Waals surface area contributed by atoms with Gasteiger partial charge in [0.25, 0.3) is 0 Å². The number of carbonyl (C=O) groups is 1. The smallest absolute Gasteiger partial charge is 0.303 e. The van der Waals surface area contributed by atoms with E-state index in [1.807, 2.05) is 6.92 Å². The molecule has 0 unspecified atom stereocenters. The van der Waals surface area contributed by atoms with Crippen LogP contribution in [-0.4, -0.2) is 17.1 Å². The Morgan fingerprint density at radius 1 is 1.62 bits per heavy atom. The summed E-state index contributed by atoms with van der Waals surface area (Å²) in [7, 11) is 0. The molecule has 0 saturated heterocycles. The average Bonchev–Trinajstić information content (AvgIpc) is 2.67. The van der Waals surface area contributed by atoms with Crippen LogP contribution in [0.25, 0.3) is 0 Å². The normalized spacial score (nSPS) is 23.6. The molecule has 13 heavy (non-hydrogen) atoms. The van der Waals surface area contributed by atoms with Crippen LogP contribution in [0.2, 0.25) is 0 Å². The Labute approximate surface area is 79.3 Å². The number of rotatable bonds is 5. The molecule has 0 aromatic carbocycles. The van der Waals surface area contributed by atoms with E-state index >= 15 is 0 Å². The number of carboxylic acid groups (broad SMARTS) is 1. The van der Waals surface area contributed by atoms with Gasteiger partial charge in [-0.1, -0.05) is 13.8 Å². The first-order valence-electron chi connectivity index (χ1n) is 4.91. The molecule has 0 amide bonds. The molecule has 1 rings (SSSR count). The molecule has 1 saturated carbocycles. The lowest BCUT2D eigenvalue weighted by Gasteiger charge is -2.21. The lowest BCUT2D eigenvalue weighted by atomic mass is 9.89. The highest BCUT2D eigenvalue weighted by atomic mass is 16.4. The Kier molecular flexibility index (Phi) is 2.96. The Morgan fingerprint density at radius 3 is 2.54 bits per heavy atom. The molecule has 0 aromatic rings. The van der Waals surface area contributed by atoms with E-state index in [1.165, 1.54) is 12.8 Å². The Morgan fingerprint density at radius 2 is 2.15 bits per heavy atom. The summed E-state index contributed by atoms with van der Waals surface area (Å²) in [4.78, 5) is 10.4. The molecule has 0 heterocycles. The predicted molar refractivity (Wildman–Crippen MR) is 51.4 cm³/mol. The maximum atomic E-state index is 10.4. The number of hydrogen-bond donors (Lipinski definition) is 2. The Bertz CT molecular complexity index is 199. The lowest BCUT2D eigenvalue weighted by Crippen LogP contribution is -2.31. The number of nitrogens with two attached hydrogens (primary N) is 1. The summed E-state index contributed by atoms with van der Waals surface area (Å²) in [6, 6.07) is 0.182. The predicted octanol–water partition coefficient (Wildman–Crippen LogP) is 1.61. The van der Waals surface area contributed by atoms with E-state index in [4.69, 9.17) is 10.8 Å². The second-order valence-corrected chi connectivity index (χ2v) is 4.70. The molecule has 0 radical (unpaired) electrons. The zero-order chi connectivity index (χ0) is 10.1. The fourth-order valence-electron chi connectivity index (χ4n) is 1.67. The van der Waals surface area contributed by atoms with Crippen LogP contribution in [0.1, 0.15) is 39.5 Å². The van der Waals surface area contributed by atoms with Crippen molar-refractivity contribution >= 4 is 5.97 Å². The number of hydrogen-bond acceptors (Lipinski definition) is 2. The Balaban J connectivity index is 2.27. The summed E-state index contributed by atoms with van der Waals surface area (Å²) < 4.78 is 0. The van der Waals surface area contributed by atoms with Gasteiger partial charge in [-0.05, 0) is 30.6 Å². The third-order valence-corrected chi connectivity index (χ3v) is 3.11. The maximum absolute atomic E-state index is 10.4. The van der Waals surface area contributed by atoms with Crippen LogP contribution in [0, 0.1) is 11.3 Å². The number of carboxylic acids is 1. The highest BCUT2D eigenvalue weighted by Gasteiger charge is 2.43. The van der Waals surface area contributed by atoms with E-state index in [2.05, 4.69) is 6.92 Å². The average molecular weight is 185 g/mol. The van der Waals surface area contributed by atoms with Crippen LogP contribution in [0.4, 0.5) is 0 Å². The van der Waals surface area contributed by atoms with Gasteiger partial charge in [0, 0.05) is 12.5 Å². The molecular formula is C10H19NO2. The first-order valence-corrected chi connectivity index (χ1v) is 4.91. The van der Waals surface area contributed by atoms with Crippen LogP contribution in [0.5, 0.6) is 0 Å². The molecule has 0 aromatic heterocycles. The molecular weight excluding hydrogens is 166 g/mol. The highest BCUT2D eigenvalue weighted by Crippen LogP contribution is 2.48. The van der Waals surface area contributed by atoms with Crippen molar-refractivity contribution in [2.24, 2.45) is 17.1 Å². The van der Waals surface area contributed by atoms with Crippen molar-refractivity contribution in [1.29, 1.82) is 0 Å². The zero-order valence-corrected chi connectivity index (χ0v) is 8.42. The SMILES string of the molecule is C[C@@H](CC(=O)O)C[C@H](N)C1(C)CC1. The molecule has 0 aliphatic heterocycles. The monoisotopic (exact) mass is 185 g/mol. The number of aliphatic carboxylic acids is 1. The van der Waals surface area contributed by atoms with Crippen molar-refractivity contribution < 1.29 is 9.90 Å². The largest absolute Gasteiger partial charge is 0.481 e. The summed E-state index contributed by atoms with van der Waals surface area (Å²) in [5.41, 5.74) is 6.31. The van der Waals surface area contributed by atoms with Crippen LogP contribution < -0.4 is 5.73 Å². The topological polar surface area (TPSA) is 63.3 Å². The zero-order valence-electron chi connectivity index (χ0n) is 8.42. The summed E-state index contributed by atoms with van der Waals surface area (Å²) >= 11 is 0. The second kappa shape index (κ2) is 3.66. The minimum Gasteiger partial charge on any atom is -0.481 e. The van der Waals surface area contributed by atoms with Crippen molar-refractivity contribution in [2.45, 2.75) is 45.6 Å². The molecule has 76 valence electrons. The van der Waals surface area contributed by atoms with E-state index in [0.29, 0.717) is 5.41 Å². The molecule has 1 aliphatic rings. The fraction of sp³-hybridized carbons (Fsp3) is 0.900. The Hall–Kier alpha value is -0.570. The van der Waals surface area contributed by atoms with Crippen LogP contribution in [0.3, 0.4) is 0 Å². The first-order chi connectivity index (χ1) is 5.94. The van der Waals surface area contributed by atoms with Crippen molar-refractivity contribution in [3.63, 3.8) is 0 Å². The van der Waals surface area contributed by atoms with Gasteiger partial charge in [0.15, 0.2) is 0 Å². The van der Waals surface area contributed by atoms with Crippen molar-refractivity contribution in [3.05, 3.63) is 0 Å². The van der Waals surface area contributed by atoms with Crippen LogP contribution in [-0.2, 0) is 4.79 Å². The van der Waals surface area contributed by atoms with Gasteiger partial charge in [-0.25, -0.2) is 0 Å². The standard InChI is InChI=1S/C10H19NO2/c1-7(6-9(12)13)5-8(11)10(2)3-4-10/h7-8H,3-6,11H2,1-2H3,(H,12,13)/t7-,8+/m1/s1. The molecule has 3 nitrogen and oxygen atoms in total. The fourth-order valence-corrected chi connectivity index (χ4v) is 1.67. The lowest BCUT2D eigenvalue weighted by molar-refractivity contribution is -0.138. The quantitative estimate of drug-likeness (QED) is 0.684. The molecule has 3 heteroatoms. The van der Waals surface area contributed by atoms with Gasteiger partial charge in [-0.3, -0.25) is 4.79 Å². The summed E-state index contributed by atoms with van der Waals surface area (Å²) in [5.74, 6) is -0.523. The third kappa shape index (κ3) is 2.99. The summed E-state index contributed by atoms with van der Waals surface area (Å²) in [6.07, 6.45) is 3.48. The van der Waals surface area contributed by atoms with Gasteiger partial charge in [0.2, 0.25) is 0 Å². The van der Waals surface area contributed by atoms with Gasteiger partial charge in [0.1, 0.15) is 0 Å². The van der Waals surface area contributed by atoms with E-state index < -0.39 is 5.97 Å². The first kappa shape index (κ1) is 10.5. The van der Waals surface area contributed by atoms with Crippen molar-refractivity contribution in [2.75, 3.05) is 0 Å². The highest BCUT2D eigenvalue weighted by molar-refractivity contribution is 5.66. The summed E-state index contributed by atoms with van der Waals surface area (Å²) in [5, 5.41) is 8.57. The minimum absolute atomic E-state index is 0.182. The van der Waals surface area contributed by atoms with E-state index in [0.717, 1.165) is 6.42 Å². The van der Waals surface area contributed by atoms with Crippen LogP contribution in [0.15, 0.2) is 0 Å². The third-order valence-electron chi connectivity index (χ3n) is 3.11. The van der Waals surface area contributed by atoms with Gasteiger partial charge >= 0.3 is 5.97 Å².